The third-order valence-electron chi connectivity index (χ3n) is 1.72. The van der Waals surface area contributed by atoms with Gasteiger partial charge in [-0.15, -0.1) is 0 Å². The zero-order valence-corrected chi connectivity index (χ0v) is 7.58. The second kappa shape index (κ2) is 4.04. The number of hydrogen-bond donors (Lipinski definition) is 0. The summed E-state index contributed by atoms with van der Waals surface area (Å²) in [5, 5.41) is 0. The number of ether oxygens (including phenoxy) is 1. The first-order valence-electron chi connectivity index (χ1n) is 4.20. The van der Waals surface area contributed by atoms with Crippen LogP contribution in [0.3, 0.4) is 0 Å². The highest BCUT2D eigenvalue weighted by atomic mass is 19.1. The molecule has 0 unspecified atom stereocenters. The van der Waals surface area contributed by atoms with Gasteiger partial charge in [-0.3, -0.25) is 4.98 Å². The molecule has 0 saturated heterocycles. The van der Waals surface area contributed by atoms with E-state index in [0.717, 1.165) is 12.1 Å². The van der Waals surface area contributed by atoms with Crippen molar-refractivity contribution in [3.05, 3.63) is 54.4 Å². The second-order valence-electron chi connectivity index (χ2n) is 2.77. The summed E-state index contributed by atoms with van der Waals surface area (Å²) in [5.41, 5.74) is 0. The first kappa shape index (κ1) is 9.58. The number of aromatic nitrogens is 1. The van der Waals surface area contributed by atoms with Gasteiger partial charge in [0.05, 0.1) is 6.20 Å². The summed E-state index contributed by atoms with van der Waals surface area (Å²) in [6, 6.07) is 7.60. The molecule has 0 bridgehead atoms. The van der Waals surface area contributed by atoms with E-state index in [9.17, 15) is 8.78 Å². The molecule has 2 nitrogen and oxygen atoms in total. The van der Waals surface area contributed by atoms with Gasteiger partial charge in [0.15, 0.2) is 17.4 Å². The highest BCUT2D eigenvalue weighted by Gasteiger charge is 2.10. The van der Waals surface area contributed by atoms with E-state index in [1.807, 2.05) is 0 Å². The molecule has 0 saturated carbocycles. The largest absolute Gasteiger partial charge is 0.450 e. The minimum atomic E-state index is -0.751. The van der Waals surface area contributed by atoms with Crippen LogP contribution in [-0.4, -0.2) is 4.98 Å². The molecule has 0 aliphatic rings. The average Bonchev–Trinajstić information content (AvgIpc) is 2.25. The van der Waals surface area contributed by atoms with Crippen LogP contribution in [0.4, 0.5) is 8.78 Å². The minimum absolute atomic E-state index is 0.238. The molecule has 75 valence electrons. The van der Waals surface area contributed by atoms with Gasteiger partial charge >= 0.3 is 0 Å². The third-order valence-corrected chi connectivity index (χ3v) is 1.72. The van der Waals surface area contributed by atoms with Crippen LogP contribution in [-0.2, 0) is 0 Å². The van der Waals surface area contributed by atoms with Crippen molar-refractivity contribution < 1.29 is 13.5 Å². The summed E-state index contributed by atoms with van der Waals surface area (Å²) < 4.78 is 31.3. The molecule has 0 N–H and O–H groups in total. The number of benzene rings is 1. The maximum Gasteiger partial charge on any atom is 0.198 e. The number of nitrogens with zero attached hydrogens (tertiary/aromatic N) is 1. The van der Waals surface area contributed by atoms with Gasteiger partial charge in [-0.05, 0) is 18.2 Å². The van der Waals surface area contributed by atoms with Gasteiger partial charge in [0.2, 0.25) is 0 Å². The second-order valence-corrected chi connectivity index (χ2v) is 2.77. The van der Waals surface area contributed by atoms with Gasteiger partial charge in [-0.25, -0.2) is 8.78 Å². The predicted octanol–water partition coefficient (Wildman–Crippen LogP) is 2.95. The molecular formula is C11H6F2NO. The number of rotatable bonds is 2. The Hall–Kier alpha value is -1.97. The number of hydrogen-bond acceptors (Lipinski definition) is 2. The van der Waals surface area contributed by atoms with E-state index in [0.29, 0.717) is 0 Å². The van der Waals surface area contributed by atoms with Gasteiger partial charge in [0, 0.05) is 12.3 Å². The van der Waals surface area contributed by atoms with Crippen molar-refractivity contribution in [3.8, 4) is 11.5 Å². The fourth-order valence-corrected chi connectivity index (χ4v) is 1.06. The molecule has 1 aromatic heterocycles. The summed E-state index contributed by atoms with van der Waals surface area (Å²) in [7, 11) is 0. The molecule has 1 radical (unpaired) electrons. The van der Waals surface area contributed by atoms with Gasteiger partial charge in [-0.1, -0.05) is 6.07 Å². The Morgan fingerprint density at radius 1 is 1.20 bits per heavy atom. The Labute approximate surface area is 85.2 Å². The number of pyridine rings is 1. The zero-order chi connectivity index (χ0) is 10.7. The average molecular weight is 206 g/mol. The van der Waals surface area contributed by atoms with Gasteiger partial charge in [0.1, 0.15) is 5.75 Å². The van der Waals surface area contributed by atoms with Crippen LogP contribution in [0.25, 0.3) is 0 Å². The normalized spacial score (nSPS) is 10.0. The minimum Gasteiger partial charge on any atom is -0.450 e. The highest BCUT2D eigenvalue weighted by molar-refractivity contribution is 5.31. The molecule has 2 aromatic rings. The molecule has 4 heteroatoms. The molecule has 0 spiro atoms. The molecule has 1 heterocycles. The monoisotopic (exact) mass is 206 g/mol. The fourth-order valence-electron chi connectivity index (χ4n) is 1.06. The SMILES string of the molecule is Fc1cccc(F)c1Oc1c[c]cnc1. The Bertz CT molecular complexity index is 439. The molecular weight excluding hydrogens is 200 g/mol. The maximum atomic E-state index is 13.1. The van der Waals surface area contributed by atoms with E-state index >= 15 is 0 Å². The van der Waals surface area contributed by atoms with Crippen molar-refractivity contribution >= 4 is 0 Å². The van der Waals surface area contributed by atoms with Crippen LogP contribution in [0, 0.1) is 17.7 Å². The van der Waals surface area contributed by atoms with E-state index < -0.39 is 17.4 Å². The van der Waals surface area contributed by atoms with Crippen molar-refractivity contribution in [1.82, 2.24) is 4.98 Å². The summed E-state index contributed by atoms with van der Waals surface area (Å²) in [6.45, 7) is 0. The molecule has 0 aliphatic heterocycles. The standard InChI is InChI=1S/C11H6F2NO/c12-9-4-1-5-10(13)11(9)15-8-3-2-6-14-7-8/h1,3-7H. The van der Waals surface area contributed by atoms with E-state index in [4.69, 9.17) is 4.74 Å². The van der Waals surface area contributed by atoms with Crippen molar-refractivity contribution in [2.45, 2.75) is 0 Å². The summed E-state index contributed by atoms with van der Waals surface area (Å²) >= 11 is 0. The first-order valence-corrected chi connectivity index (χ1v) is 4.20. The Morgan fingerprint density at radius 3 is 2.53 bits per heavy atom. The van der Waals surface area contributed by atoms with E-state index in [2.05, 4.69) is 11.1 Å². The lowest BCUT2D eigenvalue weighted by molar-refractivity contribution is 0.406. The van der Waals surface area contributed by atoms with Gasteiger partial charge in [0.25, 0.3) is 0 Å². The van der Waals surface area contributed by atoms with Crippen LogP contribution < -0.4 is 4.74 Å². The third kappa shape index (κ3) is 2.10. The van der Waals surface area contributed by atoms with Crippen LogP contribution in [0.2, 0.25) is 0 Å². The number of para-hydroxylation sites is 1. The first-order chi connectivity index (χ1) is 7.27. The van der Waals surface area contributed by atoms with Gasteiger partial charge in [-0.2, -0.15) is 0 Å². The lowest BCUT2D eigenvalue weighted by atomic mass is 10.3. The zero-order valence-electron chi connectivity index (χ0n) is 7.58. The quantitative estimate of drug-likeness (QED) is 0.753. The molecule has 0 fully saturated rings. The van der Waals surface area contributed by atoms with Crippen molar-refractivity contribution in [2.24, 2.45) is 0 Å². The molecule has 2 rings (SSSR count). The Kier molecular flexibility index (Phi) is 2.58. The maximum absolute atomic E-state index is 13.1. The topological polar surface area (TPSA) is 22.1 Å². The summed E-state index contributed by atoms with van der Waals surface area (Å²) in [4.78, 5) is 3.71. The predicted molar refractivity (Wildman–Crippen MR) is 49.5 cm³/mol. The summed E-state index contributed by atoms with van der Waals surface area (Å²) in [6.07, 6.45) is 2.77. The lowest BCUT2D eigenvalue weighted by Crippen LogP contribution is -1.92. The fraction of sp³-hybridized carbons (Fsp3) is 0. The van der Waals surface area contributed by atoms with Crippen LogP contribution >= 0.6 is 0 Å². The summed E-state index contributed by atoms with van der Waals surface area (Å²) in [5.74, 6) is -1.70. The lowest BCUT2D eigenvalue weighted by Gasteiger charge is -2.06. The molecule has 0 amide bonds. The van der Waals surface area contributed by atoms with E-state index in [1.165, 1.54) is 24.5 Å². The molecule has 0 atom stereocenters. The molecule has 1 aromatic carbocycles. The van der Waals surface area contributed by atoms with E-state index in [-0.39, 0.29) is 5.75 Å². The Balaban J connectivity index is 2.32. The van der Waals surface area contributed by atoms with Crippen molar-refractivity contribution in [2.75, 3.05) is 0 Å². The van der Waals surface area contributed by atoms with Crippen molar-refractivity contribution in [1.29, 1.82) is 0 Å². The van der Waals surface area contributed by atoms with Crippen LogP contribution in [0.1, 0.15) is 0 Å². The molecule has 0 aliphatic carbocycles. The van der Waals surface area contributed by atoms with Crippen LogP contribution in [0.15, 0.2) is 36.7 Å². The smallest absolute Gasteiger partial charge is 0.198 e. The molecule has 15 heavy (non-hydrogen) atoms. The van der Waals surface area contributed by atoms with Gasteiger partial charge < -0.3 is 4.74 Å². The highest BCUT2D eigenvalue weighted by Crippen LogP contribution is 2.26. The van der Waals surface area contributed by atoms with E-state index in [1.54, 1.807) is 0 Å². The number of halogens is 2. The van der Waals surface area contributed by atoms with Crippen molar-refractivity contribution in [3.63, 3.8) is 0 Å². The Morgan fingerprint density at radius 2 is 1.93 bits per heavy atom. The van der Waals surface area contributed by atoms with Crippen LogP contribution in [0.5, 0.6) is 11.5 Å².